The van der Waals surface area contributed by atoms with Crippen LogP contribution in [0.25, 0.3) is 10.9 Å². The quantitative estimate of drug-likeness (QED) is 0.801. The minimum Gasteiger partial charge on any atom is -0.486 e. The Balaban J connectivity index is 2.04. The maximum absolute atomic E-state index is 11.6. The second-order valence-electron chi connectivity index (χ2n) is 5.39. The summed E-state index contributed by atoms with van der Waals surface area (Å²) in [6.45, 7) is 1.90. The molecule has 1 heterocycles. The third-order valence-corrected chi connectivity index (χ3v) is 4.29. The monoisotopic (exact) mass is 323 g/mol. The van der Waals surface area contributed by atoms with Crippen LogP contribution in [0.2, 0.25) is 10.0 Å². The normalized spacial score (nSPS) is 19.0. The second-order valence-corrected chi connectivity index (χ2v) is 6.21. The van der Waals surface area contributed by atoms with E-state index in [0.717, 1.165) is 23.9 Å². The molecule has 5 heteroatoms. The van der Waals surface area contributed by atoms with E-state index in [2.05, 4.69) is 4.98 Å². The number of aryl methyl sites for hydroxylation is 1. The number of ether oxygens (including phenoxy) is 1. The van der Waals surface area contributed by atoms with E-state index in [-0.39, 0.29) is 11.9 Å². The van der Waals surface area contributed by atoms with Crippen LogP contribution < -0.4 is 4.74 Å². The molecule has 1 atom stereocenters. The molecule has 1 aliphatic carbocycles. The van der Waals surface area contributed by atoms with Crippen LogP contribution in [-0.2, 0) is 4.79 Å². The van der Waals surface area contributed by atoms with E-state index in [1.165, 1.54) is 0 Å². The number of hydrogen-bond acceptors (Lipinski definition) is 3. The molecule has 1 saturated carbocycles. The molecule has 0 radical (unpaired) electrons. The van der Waals surface area contributed by atoms with Crippen molar-refractivity contribution < 1.29 is 9.53 Å². The first kappa shape index (κ1) is 14.6. The van der Waals surface area contributed by atoms with Gasteiger partial charge in [-0.15, -0.1) is 0 Å². The Morgan fingerprint density at radius 3 is 2.86 bits per heavy atom. The Bertz CT molecular complexity index is 715. The summed E-state index contributed by atoms with van der Waals surface area (Å²) >= 11 is 12.5. The molecule has 2 aromatic rings. The number of hydrogen-bond donors (Lipinski definition) is 0. The predicted molar refractivity (Wildman–Crippen MR) is 84.4 cm³/mol. The van der Waals surface area contributed by atoms with Crippen LogP contribution in [-0.4, -0.2) is 16.9 Å². The largest absolute Gasteiger partial charge is 0.486 e. The van der Waals surface area contributed by atoms with Crippen molar-refractivity contribution in [1.82, 2.24) is 4.98 Å². The molecule has 1 aliphatic rings. The SMILES string of the molecule is Cc1ccc2c(Cl)cc(Cl)c(OC3CCCC(=O)C3)c2n1. The Labute approximate surface area is 133 Å². The first-order valence-electron chi connectivity index (χ1n) is 6.98. The van der Waals surface area contributed by atoms with Gasteiger partial charge in [0.15, 0.2) is 5.75 Å². The highest BCUT2D eigenvalue weighted by molar-refractivity contribution is 6.39. The van der Waals surface area contributed by atoms with Crippen molar-refractivity contribution >= 4 is 39.9 Å². The zero-order valence-electron chi connectivity index (χ0n) is 11.7. The van der Waals surface area contributed by atoms with E-state index in [1.807, 2.05) is 19.1 Å². The molecule has 21 heavy (non-hydrogen) atoms. The van der Waals surface area contributed by atoms with Crippen LogP contribution in [0, 0.1) is 6.92 Å². The van der Waals surface area contributed by atoms with Gasteiger partial charge in [-0.25, -0.2) is 4.98 Å². The van der Waals surface area contributed by atoms with Crippen LogP contribution in [0.1, 0.15) is 31.4 Å². The van der Waals surface area contributed by atoms with Crippen molar-refractivity contribution in [1.29, 1.82) is 0 Å². The lowest BCUT2D eigenvalue weighted by molar-refractivity contribution is -0.122. The highest BCUT2D eigenvalue weighted by Crippen LogP contribution is 2.38. The summed E-state index contributed by atoms with van der Waals surface area (Å²) in [6, 6.07) is 5.48. The van der Waals surface area contributed by atoms with Crippen molar-refractivity contribution in [2.45, 2.75) is 38.7 Å². The first-order chi connectivity index (χ1) is 10.0. The van der Waals surface area contributed by atoms with E-state index in [1.54, 1.807) is 6.07 Å². The molecule has 1 aromatic carbocycles. The van der Waals surface area contributed by atoms with Crippen LogP contribution in [0.15, 0.2) is 18.2 Å². The van der Waals surface area contributed by atoms with E-state index < -0.39 is 0 Å². The fourth-order valence-electron chi connectivity index (χ4n) is 2.65. The maximum atomic E-state index is 11.6. The number of pyridine rings is 1. The van der Waals surface area contributed by atoms with Crippen molar-refractivity contribution in [3.8, 4) is 5.75 Å². The summed E-state index contributed by atoms with van der Waals surface area (Å²) in [5.74, 6) is 0.768. The summed E-state index contributed by atoms with van der Waals surface area (Å²) in [4.78, 5) is 16.1. The molecule has 0 bridgehead atoms. The molecule has 3 rings (SSSR count). The lowest BCUT2D eigenvalue weighted by Crippen LogP contribution is -2.25. The van der Waals surface area contributed by atoms with E-state index in [9.17, 15) is 4.79 Å². The number of carbonyl (C=O) groups excluding carboxylic acids is 1. The van der Waals surface area contributed by atoms with Crippen molar-refractivity contribution in [3.63, 3.8) is 0 Å². The Kier molecular flexibility index (Phi) is 4.05. The number of carbonyl (C=O) groups is 1. The fraction of sp³-hybridized carbons (Fsp3) is 0.375. The smallest absolute Gasteiger partial charge is 0.164 e. The predicted octanol–water partition coefficient (Wildman–Crippen LogP) is 4.74. The molecule has 0 amide bonds. The zero-order chi connectivity index (χ0) is 15.0. The Morgan fingerprint density at radius 2 is 2.10 bits per heavy atom. The van der Waals surface area contributed by atoms with Crippen molar-refractivity contribution in [2.24, 2.45) is 0 Å². The number of benzene rings is 1. The maximum Gasteiger partial charge on any atom is 0.164 e. The topological polar surface area (TPSA) is 39.2 Å². The summed E-state index contributed by atoms with van der Waals surface area (Å²) in [5, 5.41) is 1.79. The number of nitrogens with zero attached hydrogens (tertiary/aromatic N) is 1. The van der Waals surface area contributed by atoms with Crippen molar-refractivity contribution in [2.75, 3.05) is 0 Å². The number of halogens is 2. The lowest BCUT2D eigenvalue weighted by Gasteiger charge is -2.23. The van der Waals surface area contributed by atoms with Gasteiger partial charge in [0, 0.05) is 23.9 Å². The molecule has 1 unspecified atom stereocenters. The molecule has 1 aromatic heterocycles. The van der Waals surface area contributed by atoms with Gasteiger partial charge in [0.1, 0.15) is 17.4 Å². The number of Topliss-reactive ketones (excluding diaryl/α,β-unsaturated/α-hetero) is 1. The van der Waals surface area contributed by atoms with Gasteiger partial charge in [-0.05, 0) is 38.0 Å². The molecule has 1 fully saturated rings. The number of rotatable bonds is 2. The number of aromatic nitrogens is 1. The molecular formula is C16H15Cl2NO2. The number of fused-ring (bicyclic) bond motifs is 1. The molecule has 110 valence electrons. The van der Waals surface area contributed by atoms with Gasteiger partial charge in [-0.1, -0.05) is 23.2 Å². The number of ketones is 1. The van der Waals surface area contributed by atoms with Crippen LogP contribution in [0.5, 0.6) is 5.75 Å². The summed E-state index contributed by atoms with van der Waals surface area (Å²) in [6.07, 6.45) is 2.67. The minimum atomic E-state index is -0.129. The van der Waals surface area contributed by atoms with Gasteiger partial charge in [0.2, 0.25) is 0 Å². The summed E-state index contributed by atoms with van der Waals surface area (Å²) in [7, 11) is 0. The third kappa shape index (κ3) is 2.99. The zero-order valence-corrected chi connectivity index (χ0v) is 13.2. The fourth-order valence-corrected chi connectivity index (χ4v) is 3.22. The molecule has 0 aliphatic heterocycles. The summed E-state index contributed by atoms with van der Waals surface area (Å²) in [5.41, 5.74) is 1.52. The molecule has 0 saturated heterocycles. The third-order valence-electron chi connectivity index (χ3n) is 3.70. The van der Waals surface area contributed by atoms with Crippen LogP contribution >= 0.6 is 23.2 Å². The van der Waals surface area contributed by atoms with Gasteiger partial charge >= 0.3 is 0 Å². The van der Waals surface area contributed by atoms with Crippen LogP contribution in [0.4, 0.5) is 0 Å². The standard InChI is InChI=1S/C16H15Cl2NO2/c1-9-5-6-12-13(17)8-14(18)16(15(12)19-9)21-11-4-2-3-10(20)7-11/h5-6,8,11H,2-4,7H2,1H3. The van der Waals surface area contributed by atoms with Gasteiger partial charge in [0.05, 0.1) is 10.0 Å². The second kappa shape index (κ2) is 5.82. The molecule has 0 spiro atoms. The highest BCUT2D eigenvalue weighted by atomic mass is 35.5. The van der Waals surface area contributed by atoms with E-state index >= 15 is 0 Å². The highest BCUT2D eigenvalue weighted by Gasteiger charge is 2.23. The first-order valence-corrected chi connectivity index (χ1v) is 7.74. The van der Waals surface area contributed by atoms with Gasteiger partial charge < -0.3 is 4.74 Å². The molecular weight excluding hydrogens is 309 g/mol. The van der Waals surface area contributed by atoms with Gasteiger partial charge in [-0.3, -0.25) is 4.79 Å². The minimum absolute atomic E-state index is 0.129. The van der Waals surface area contributed by atoms with Gasteiger partial charge in [0.25, 0.3) is 0 Å². The van der Waals surface area contributed by atoms with Crippen LogP contribution in [0.3, 0.4) is 0 Å². The molecule has 0 N–H and O–H groups in total. The van der Waals surface area contributed by atoms with E-state index in [0.29, 0.717) is 34.2 Å². The lowest BCUT2D eigenvalue weighted by atomic mass is 9.96. The van der Waals surface area contributed by atoms with Gasteiger partial charge in [-0.2, -0.15) is 0 Å². The molecule has 3 nitrogen and oxygen atoms in total. The average molecular weight is 324 g/mol. The average Bonchev–Trinajstić information content (AvgIpc) is 2.43. The Morgan fingerprint density at radius 1 is 1.29 bits per heavy atom. The summed E-state index contributed by atoms with van der Waals surface area (Å²) < 4.78 is 6.01. The Hall–Kier alpha value is -1.32. The van der Waals surface area contributed by atoms with E-state index in [4.69, 9.17) is 27.9 Å². The van der Waals surface area contributed by atoms with Crippen molar-refractivity contribution in [3.05, 3.63) is 33.9 Å².